The molecule has 3 rings (SSSR count). The quantitative estimate of drug-likeness (QED) is 0.510. The lowest BCUT2D eigenvalue weighted by Crippen LogP contribution is -2.23. The maximum atomic E-state index is 12.2. The van der Waals surface area contributed by atoms with Gasteiger partial charge in [-0.2, -0.15) is 5.10 Å². The Morgan fingerprint density at radius 2 is 2.12 bits per heavy atom. The lowest BCUT2D eigenvalue weighted by atomic mass is 10.2. The summed E-state index contributed by atoms with van der Waals surface area (Å²) in [6, 6.07) is 4.99. The first-order chi connectivity index (χ1) is 12.3. The smallest absolute Gasteiger partial charge is 0.259 e. The molecule has 0 aliphatic heterocycles. The molecule has 0 atom stereocenters. The number of rotatable bonds is 4. The van der Waals surface area contributed by atoms with Crippen LogP contribution in [0.5, 0.6) is 0 Å². The molecule has 2 heterocycles. The zero-order valence-electron chi connectivity index (χ0n) is 13.9. The molecule has 26 heavy (non-hydrogen) atoms. The highest BCUT2D eigenvalue weighted by Crippen LogP contribution is 2.25. The van der Waals surface area contributed by atoms with Gasteiger partial charge in [-0.15, -0.1) is 11.3 Å². The third-order valence-electron chi connectivity index (χ3n) is 3.76. The minimum absolute atomic E-state index is 0.0834. The van der Waals surface area contributed by atoms with Gasteiger partial charge in [-0.1, -0.05) is 29.3 Å². The Morgan fingerprint density at radius 3 is 2.85 bits per heavy atom. The molecule has 6 nitrogen and oxygen atoms in total. The fraction of sp³-hybridized carbons (Fsp3) is 0.176. The zero-order chi connectivity index (χ0) is 18.8. The third kappa shape index (κ3) is 3.95. The Balaban J connectivity index is 1.70. The van der Waals surface area contributed by atoms with Crippen LogP contribution in [0.4, 0.5) is 0 Å². The highest BCUT2D eigenvalue weighted by molar-refractivity contribution is 7.18. The molecular formula is C17H14Cl2N4O2S. The second-order valence-electron chi connectivity index (χ2n) is 5.62. The number of benzene rings is 1. The fourth-order valence-corrected chi connectivity index (χ4v) is 3.70. The molecule has 0 aliphatic rings. The van der Waals surface area contributed by atoms with E-state index in [1.165, 1.54) is 17.6 Å². The monoisotopic (exact) mass is 408 g/mol. The van der Waals surface area contributed by atoms with Crippen molar-refractivity contribution in [1.29, 1.82) is 0 Å². The molecule has 134 valence electrons. The number of H-pyrrole nitrogens is 1. The second kappa shape index (κ2) is 7.57. The van der Waals surface area contributed by atoms with Gasteiger partial charge in [0.05, 0.1) is 28.1 Å². The SMILES string of the molecule is Cc1sc2nc(CC(=O)N/N=C\c3ccc(Cl)c(Cl)c3)[nH]c(=O)c2c1C. The van der Waals surface area contributed by atoms with Gasteiger partial charge in [0.25, 0.3) is 5.56 Å². The summed E-state index contributed by atoms with van der Waals surface area (Å²) in [6.07, 6.45) is 1.37. The van der Waals surface area contributed by atoms with E-state index in [0.29, 0.717) is 31.6 Å². The van der Waals surface area contributed by atoms with Crippen LogP contribution in [0, 0.1) is 13.8 Å². The van der Waals surface area contributed by atoms with Crippen molar-refractivity contribution in [2.45, 2.75) is 20.3 Å². The van der Waals surface area contributed by atoms with Crippen molar-refractivity contribution >= 4 is 56.9 Å². The minimum atomic E-state index is -0.395. The molecule has 0 saturated carbocycles. The van der Waals surface area contributed by atoms with Gasteiger partial charge in [-0.25, -0.2) is 10.4 Å². The summed E-state index contributed by atoms with van der Waals surface area (Å²) in [6.45, 7) is 3.82. The molecule has 0 spiro atoms. The minimum Gasteiger partial charge on any atom is -0.309 e. The van der Waals surface area contributed by atoms with Gasteiger partial charge < -0.3 is 4.98 Å². The molecular weight excluding hydrogens is 395 g/mol. The van der Waals surface area contributed by atoms with Crippen LogP contribution in [0.3, 0.4) is 0 Å². The molecule has 1 aromatic carbocycles. The number of halogens is 2. The molecule has 0 fully saturated rings. The Kier molecular flexibility index (Phi) is 5.41. The van der Waals surface area contributed by atoms with Crippen LogP contribution in [0.2, 0.25) is 10.0 Å². The predicted molar refractivity (Wildman–Crippen MR) is 106 cm³/mol. The summed E-state index contributed by atoms with van der Waals surface area (Å²) in [5.41, 5.74) is 3.77. The van der Waals surface area contributed by atoms with Crippen LogP contribution >= 0.6 is 34.5 Å². The zero-order valence-corrected chi connectivity index (χ0v) is 16.2. The summed E-state index contributed by atoms with van der Waals surface area (Å²) in [5.74, 6) is -0.0974. The first kappa shape index (κ1) is 18.6. The highest BCUT2D eigenvalue weighted by Gasteiger charge is 2.13. The molecule has 0 saturated heterocycles. The Bertz CT molecular complexity index is 1090. The van der Waals surface area contributed by atoms with E-state index in [9.17, 15) is 9.59 Å². The molecule has 1 amide bonds. The Hall–Kier alpha value is -2.22. The fourth-order valence-electron chi connectivity index (χ4n) is 2.35. The van der Waals surface area contributed by atoms with Crippen LogP contribution in [0.1, 0.15) is 21.8 Å². The standard InChI is InChI=1S/C17H14Cl2N4O2S/c1-8-9(2)26-17-15(8)16(25)21-13(22-17)6-14(24)23-20-7-10-3-4-11(18)12(19)5-10/h3-5,7H,6H2,1-2H3,(H,23,24)(H,21,22,25)/b20-7-. The summed E-state index contributed by atoms with van der Waals surface area (Å²) in [7, 11) is 0. The van der Waals surface area contributed by atoms with Crippen LogP contribution in [0.15, 0.2) is 28.1 Å². The lowest BCUT2D eigenvalue weighted by Gasteiger charge is -2.01. The maximum Gasteiger partial charge on any atom is 0.259 e. The van der Waals surface area contributed by atoms with Crippen molar-refractivity contribution in [1.82, 2.24) is 15.4 Å². The van der Waals surface area contributed by atoms with E-state index >= 15 is 0 Å². The van der Waals surface area contributed by atoms with E-state index < -0.39 is 5.91 Å². The van der Waals surface area contributed by atoms with Gasteiger partial charge >= 0.3 is 0 Å². The number of fused-ring (bicyclic) bond motifs is 1. The van der Waals surface area contributed by atoms with Gasteiger partial charge in [0.1, 0.15) is 10.7 Å². The van der Waals surface area contributed by atoms with Gasteiger partial charge in [-0.05, 0) is 37.1 Å². The molecule has 3 aromatic rings. The normalized spacial score (nSPS) is 11.4. The van der Waals surface area contributed by atoms with Crippen molar-refractivity contribution in [2.24, 2.45) is 5.10 Å². The third-order valence-corrected chi connectivity index (χ3v) is 5.60. The number of hydrazone groups is 1. The van der Waals surface area contributed by atoms with Gasteiger partial charge in [-0.3, -0.25) is 9.59 Å². The van der Waals surface area contributed by atoms with Gasteiger partial charge in [0, 0.05) is 4.88 Å². The van der Waals surface area contributed by atoms with E-state index in [1.807, 2.05) is 13.8 Å². The second-order valence-corrected chi connectivity index (χ2v) is 7.64. The van der Waals surface area contributed by atoms with Crippen molar-refractivity contribution in [3.8, 4) is 0 Å². The molecule has 2 aromatic heterocycles. The number of nitrogens with zero attached hydrogens (tertiary/aromatic N) is 2. The van der Waals surface area contributed by atoms with Crippen molar-refractivity contribution < 1.29 is 4.79 Å². The first-order valence-corrected chi connectivity index (χ1v) is 9.18. The number of carbonyl (C=O) groups is 1. The number of aromatic nitrogens is 2. The number of hydrogen-bond donors (Lipinski definition) is 2. The maximum absolute atomic E-state index is 12.2. The van der Waals surface area contributed by atoms with Crippen molar-refractivity contribution in [3.63, 3.8) is 0 Å². The van der Waals surface area contributed by atoms with Crippen LogP contribution in [0.25, 0.3) is 10.2 Å². The Labute approximate surface area is 162 Å². The predicted octanol–water partition coefficient (Wildman–Crippen LogP) is 3.60. The van der Waals surface area contributed by atoms with Crippen LogP contribution in [-0.2, 0) is 11.2 Å². The number of aryl methyl sites for hydroxylation is 2. The topological polar surface area (TPSA) is 87.2 Å². The number of thiophene rings is 1. The average Bonchev–Trinajstić information content (AvgIpc) is 2.85. The highest BCUT2D eigenvalue weighted by atomic mass is 35.5. The summed E-state index contributed by atoms with van der Waals surface area (Å²) >= 11 is 13.2. The average molecular weight is 409 g/mol. The van der Waals surface area contributed by atoms with E-state index in [4.69, 9.17) is 23.2 Å². The van der Waals surface area contributed by atoms with E-state index in [0.717, 1.165) is 10.4 Å². The molecule has 0 radical (unpaired) electrons. The van der Waals surface area contributed by atoms with E-state index in [2.05, 4.69) is 20.5 Å². The van der Waals surface area contributed by atoms with Crippen molar-refractivity contribution in [3.05, 3.63) is 60.4 Å². The molecule has 9 heteroatoms. The number of nitrogens with one attached hydrogen (secondary N) is 2. The van der Waals surface area contributed by atoms with E-state index in [1.54, 1.807) is 18.2 Å². The largest absolute Gasteiger partial charge is 0.309 e. The lowest BCUT2D eigenvalue weighted by molar-refractivity contribution is -0.120. The van der Waals surface area contributed by atoms with Gasteiger partial charge in [0.2, 0.25) is 5.91 Å². The molecule has 2 N–H and O–H groups in total. The van der Waals surface area contributed by atoms with Gasteiger partial charge in [0.15, 0.2) is 0 Å². The number of aromatic amines is 1. The molecule has 0 aliphatic carbocycles. The van der Waals surface area contributed by atoms with Crippen molar-refractivity contribution in [2.75, 3.05) is 0 Å². The number of amides is 1. The molecule has 0 bridgehead atoms. The summed E-state index contributed by atoms with van der Waals surface area (Å²) in [5, 5.41) is 5.29. The van der Waals surface area contributed by atoms with Crippen LogP contribution < -0.4 is 11.0 Å². The van der Waals surface area contributed by atoms with E-state index in [-0.39, 0.29) is 12.0 Å². The van der Waals surface area contributed by atoms with Crippen LogP contribution in [-0.4, -0.2) is 22.1 Å². The summed E-state index contributed by atoms with van der Waals surface area (Å²) in [4.78, 5) is 32.9. The molecule has 0 unspecified atom stereocenters. The first-order valence-electron chi connectivity index (χ1n) is 7.61. The number of hydrogen-bond acceptors (Lipinski definition) is 5. The number of carbonyl (C=O) groups excluding carboxylic acids is 1. The Morgan fingerprint density at radius 1 is 1.35 bits per heavy atom. The summed E-state index contributed by atoms with van der Waals surface area (Å²) < 4.78 is 0.